The number of ether oxygens (including phenoxy) is 1. The van der Waals surface area contributed by atoms with E-state index in [2.05, 4.69) is 15.4 Å². The molecule has 1 aromatic heterocycles. The van der Waals surface area contributed by atoms with E-state index in [0.29, 0.717) is 6.54 Å². The number of amides is 1. The molecular weight excluding hydrogens is 360 g/mol. The van der Waals surface area contributed by atoms with Crippen LogP contribution in [0.25, 0.3) is 21.8 Å². The third-order valence-electron chi connectivity index (χ3n) is 4.05. The molecule has 0 saturated carbocycles. The van der Waals surface area contributed by atoms with Gasteiger partial charge in [-0.05, 0) is 5.56 Å². The van der Waals surface area contributed by atoms with Crippen molar-refractivity contribution >= 4 is 23.2 Å². The first-order valence-corrected chi connectivity index (χ1v) is 9.47. The molecule has 0 atom stereocenters. The van der Waals surface area contributed by atoms with Crippen molar-refractivity contribution in [3.63, 3.8) is 0 Å². The van der Waals surface area contributed by atoms with Crippen LogP contribution in [0.15, 0.2) is 60.0 Å². The zero-order chi connectivity index (χ0) is 19.1. The van der Waals surface area contributed by atoms with Gasteiger partial charge in [-0.1, -0.05) is 54.6 Å². The van der Waals surface area contributed by atoms with Crippen LogP contribution in [0.2, 0.25) is 0 Å². The fourth-order valence-electron chi connectivity index (χ4n) is 2.52. The van der Waals surface area contributed by atoms with Gasteiger partial charge >= 0.3 is 5.97 Å². The highest BCUT2D eigenvalue weighted by atomic mass is 32.1. The summed E-state index contributed by atoms with van der Waals surface area (Å²) in [4.78, 5) is 27.5. The number of carbonyl (C=O) groups excluding carboxylic acids is 2. The first-order chi connectivity index (χ1) is 13.2. The molecule has 0 spiro atoms. The van der Waals surface area contributed by atoms with Gasteiger partial charge in [-0.2, -0.15) is 0 Å². The van der Waals surface area contributed by atoms with E-state index < -0.39 is 0 Å². The van der Waals surface area contributed by atoms with Gasteiger partial charge in [0.05, 0.1) is 19.2 Å². The van der Waals surface area contributed by atoms with Gasteiger partial charge < -0.3 is 10.1 Å². The van der Waals surface area contributed by atoms with Gasteiger partial charge in [0.1, 0.15) is 5.01 Å². The molecule has 1 N–H and O–H groups in total. The minimum atomic E-state index is -0.382. The molecule has 27 heavy (non-hydrogen) atoms. The largest absolute Gasteiger partial charge is 0.469 e. The minimum absolute atomic E-state index is 0.0923. The molecule has 138 valence electrons. The summed E-state index contributed by atoms with van der Waals surface area (Å²) in [5.74, 6) is -0.551. The Morgan fingerprint density at radius 2 is 1.74 bits per heavy atom. The number of hydrogen-bond acceptors (Lipinski definition) is 5. The first kappa shape index (κ1) is 18.8. The Morgan fingerprint density at radius 1 is 1.00 bits per heavy atom. The van der Waals surface area contributed by atoms with Crippen LogP contribution in [0.3, 0.4) is 0 Å². The summed E-state index contributed by atoms with van der Waals surface area (Å²) in [6, 6.07) is 18.0. The van der Waals surface area contributed by atoms with Crippen LogP contribution in [-0.2, 0) is 20.9 Å². The second-order valence-electron chi connectivity index (χ2n) is 5.95. The second-order valence-corrected chi connectivity index (χ2v) is 6.81. The lowest BCUT2D eigenvalue weighted by Crippen LogP contribution is -2.23. The molecule has 5 nitrogen and oxygen atoms in total. The standard InChI is InChI=1S/C21H20N2O3S/c1-26-20(25)12-11-19(24)22-13-15-7-9-17(10-8-15)21-23-18(14-27-21)16-5-3-2-4-6-16/h2-10,14H,11-13H2,1H3,(H,22,24). The van der Waals surface area contributed by atoms with Gasteiger partial charge in [0.15, 0.2) is 0 Å². The highest BCUT2D eigenvalue weighted by Crippen LogP contribution is 2.28. The average Bonchev–Trinajstić information content (AvgIpc) is 3.21. The van der Waals surface area contributed by atoms with Crippen molar-refractivity contribution in [2.45, 2.75) is 19.4 Å². The summed E-state index contributed by atoms with van der Waals surface area (Å²) in [6.45, 7) is 0.424. The number of thiazole rings is 1. The molecule has 6 heteroatoms. The summed E-state index contributed by atoms with van der Waals surface area (Å²) in [5, 5.41) is 5.82. The summed E-state index contributed by atoms with van der Waals surface area (Å²) < 4.78 is 4.52. The lowest BCUT2D eigenvalue weighted by Gasteiger charge is -2.06. The molecule has 0 aliphatic carbocycles. The Bertz CT molecular complexity index is 905. The van der Waals surface area contributed by atoms with Crippen molar-refractivity contribution in [1.29, 1.82) is 0 Å². The number of methoxy groups -OCH3 is 1. The Morgan fingerprint density at radius 3 is 2.44 bits per heavy atom. The van der Waals surface area contributed by atoms with E-state index >= 15 is 0 Å². The molecule has 1 heterocycles. The van der Waals surface area contributed by atoms with E-state index in [0.717, 1.165) is 27.4 Å². The first-order valence-electron chi connectivity index (χ1n) is 8.59. The van der Waals surface area contributed by atoms with Crippen LogP contribution < -0.4 is 5.32 Å². The number of benzene rings is 2. The van der Waals surface area contributed by atoms with Crippen molar-refractivity contribution in [3.05, 3.63) is 65.5 Å². The van der Waals surface area contributed by atoms with Crippen molar-refractivity contribution in [2.75, 3.05) is 7.11 Å². The highest BCUT2D eigenvalue weighted by Gasteiger charge is 2.08. The van der Waals surface area contributed by atoms with Crippen LogP contribution in [0.1, 0.15) is 18.4 Å². The molecule has 0 saturated heterocycles. The number of carbonyl (C=O) groups is 2. The quantitative estimate of drug-likeness (QED) is 0.628. The molecule has 1 amide bonds. The number of aromatic nitrogens is 1. The minimum Gasteiger partial charge on any atom is -0.469 e. The molecule has 0 aliphatic rings. The molecular formula is C21H20N2O3S. The Hall–Kier alpha value is -2.99. The highest BCUT2D eigenvalue weighted by molar-refractivity contribution is 7.13. The van der Waals surface area contributed by atoms with Crippen molar-refractivity contribution < 1.29 is 14.3 Å². The summed E-state index contributed by atoms with van der Waals surface area (Å²) >= 11 is 1.61. The van der Waals surface area contributed by atoms with Crippen LogP contribution in [-0.4, -0.2) is 24.0 Å². The van der Waals surface area contributed by atoms with Gasteiger partial charge in [0, 0.05) is 29.5 Å². The van der Waals surface area contributed by atoms with Crippen molar-refractivity contribution in [2.24, 2.45) is 0 Å². The normalized spacial score (nSPS) is 10.4. The maximum Gasteiger partial charge on any atom is 0.306 e. The van der Waals surface area contributed by atoms with Gasteiger partial charge in [-0.15, -0.1) is 11.3 Å². The molecule has 2 aromatic carbocycles. The topological polar surface area (TPSA) is 68.3 Å². The SMILES string of the molecule is COC(=O)CCC(=O)NCc1ccc(-c2nc(-c3ccccc3)cs2)cc1. The number of hydrogen-bond donors (Lipinski definition) is 1. The second kappa shape index (κ2) is 9.09. The Balaban J connectivity index is 1.57. The predicted molar refractivity (Wildman–Crippen MR) is 106 cm³/mol. The van der Waals surface area contributed by atoms with Crippen molar-refractivity contribution in [3.8, 4) is 21.8 Å². The molecule has 0 aliphatic heterocycles. The van der Waals surface area contributed by atoms with Gasteiger partial charge in [0.2, 0.25) is 5.91 Å². The van der Waals surface area contributed by atoms with Gasteiger partial charge in [0.25, 0.3) is 0 Å². The summed E-state index contributed by atoms with van der Waals surface area (Å²) in [6.07, 6.45) is 0.223. The summed E-state index contributed by atoms with van der Waals surface area (Å²) in [7, 11) is 1.31. The lowest BCUT2D eigenvalue weighted by atomic mass is 10.1. The van der Waals surface area contributed by atoms with E-state index in [1.807, 2.05) is 54.6 Å². The zero-order valence-corrected chi connectivity index (χ0v) is 15.8. The number of nitrogens with one attached hydrogen (secondary N) is 1. The average molecular weight is 380 g/mol. The van der Waals surface area contributed by atoms with E-state index in [-0.39, 0.29) is 24.7 Å². The third-order valence-corrected chi connectivity index (χ3v) is 4.94. The zero-order valence-electron chi connectivity index (χ0n) is 15.0. The molecule has 0 bridgehead atoms. The van der Waals surface area contributed by atoms with Crippen molar-refractivity contribution in [1.82, 2.24) is 10.3 Å². The Kier molecular flexibility index (Phi) is 6.33. The molecule has 3 rings (SSSR count). The van der Waals surface area contributed by atoms with E-state index in [4.69, 9.17) is 4.98 Å². The van der Waals surface area contributed by atoms with Crippen LogP contribution in [0.5, 0.6) is 0 Å². The Labute approximate surface area is 162 Å². The smallest absolute Gasteiger partial charge is 0.306 e. The molecule has 0 radical (unpaired) electrons. The van der Waals surface area contributed by atoms with Gasteiger partial charge in [-0.3, -0.25) is 9.59 Å². The summed E-state index contributed by atoms with van der Waals surface area (Å²) in [5.41, 5.74) is 4.11. The van der Waals surface area contributed by atoms with E-state index in [1.165, 1.54) is 7.11 Å². The predicted octanol–water partition coefficient (Wildman–Crippen LogP) is 4.05. The molecule has 0 fully saturated rings. The van der Waals surface area contributed by atoms with Crippen LogP contribution in [0, 0.1) is 0 Å². The third kappa shape index (κ3) is 5.24. The number of rotatable bonds is 7. The maximum atomic E-state index is 11.7. The number of esters is 1. The maximum absolute atomic E-state index is 11.7. The fraction of sp³-hybridized carbons (Fsp3) is 0.190. The van der Waals surface area contributed by atoms with Crippen LogP contribution >= 0.6 is 11.3 Å². The molecule has 0 unspecified atom stereocenters. The van der Waals surface area contributed by atoms with Crippen LogP contribution in [0.4, 0.5) is 0 Å². The fourth-order valence-corrected chi connectivity index (χ4v) is 3.35. The van der Waals surface area contributed by atoms with Gasteiger partial charge in [-0.25, -0.2) is 4.98 Å². The monoisotopic (exact) mass is 380 g/mol. The lowest BCUT2D eigenvalue weighted by molar-refractivity contribution is -0.142. The van der Waals surface area contributed by atoms with E-state index in [1.54, 1.807) is 11.3 Å². The molecule has 3 aromatic rings. The van der Waals surface area contributed by atoms with E-state index in [9.17, 15) is 9.59 Å². The number of nitrogens with zero attached hydrogens (tertiary/aromatic N) is 1.